The summed E-state index contributed by atoms with van der Waals surface area (Å²) < 4.78 is 18.0. The van der Waals surface area contributed by atoms with Crippen LogP contribution in [0, 0.1) is 5.82 Å². The van der Waals surface area contributed by atoms with Crippen LogP contribution in [0.3, 0.4) is 0 Å². The van der Waals surface area contributed by atoms with E-state index < -0.39 is 23.8 Å². The molecule has 0 saturated carbocycles. The molecule has 5 nitrogen and oxygen atoms in total. The van der Waals surface area contributed by atoms with Crippen molar-refractivity contribution in [3.05, 3.63) is 64.4 Å². The first-order valence-corrected chi connectivity index (χ1v) is 7.30. The molecule has 1 amide bonds. The second-order valence-corrected chi connectivity index (χ2v) is 5.31. The molecule has 0 aliphatic carbocycles. The summed E-state index contributed by atoms with van der Waals surface area (Å²) in [5, 5.41) is 2.48. The van der Waals surface area contributed by atoms with Crippen LogP contribution in [-0.2, 0) is 9.53 Å². The van der Waals surface area contributed by atoms with Crippen LogP contribution in [-0.4, -0.2) is 24.3 Å². The fourth-order valence-electron chi connectivity index (χ4n) is 1.81. The Balaban J connectivity index is 1.99. The lowest BCUT2D eigenvalue weighted by atomic mass is 10.1. The Kier molecular flexibility index (Phi) is 5.65. The van der Waals surface area contributed by atoms with Gasteiger partial charge in [0.05, 0.1) is 16.3 Å². The van der Waals surface area contributed by atoms with Gasteiger partial charge < -0.3 is 10.1 Å². The summed E-state index contributed by atoms with van der Waals surface area (Å²) in [5.41, 5.74) is 0.838. The van der Waals surface area contributed by atoms with E-state index in [9.17, 15) is 18.8 Å². The van der Waals surface area contributed by atoms with Crippen molar-refractivity contribution in [3.8, 4) is 0 Å². The number of hydrogen-bond acceptors (Lipinski definition) is 4. The number of benzene rings is 2. The minimum Gasteiger partial charge on any atom is -0.449 e. The molecule has 0 radical (unpaired) electrons. The maximum atomic E-state index is 13.0. The van der Waals surface area contributed by atoms with Gasteiger partial charge in [-0.15, -0.1) is 0 Å². The maximum absolute atomic E-state index is 13.0. The molecule has 0 aromatic heterocycles. The first-order chi connectivity index (χ1) is 11.4. The van der Waals surface area contributed by atoms with Gasteiger partial charge in [0.25, 0.3) is 5.91 Å². The number of rotatable bonds is 5. The van der Waals surface area contributed by atoms with Gasteiger partial charge in [-0.05, 0) is 37.3 Å². The predicted octanol–water partition coefficient (Wildman–Crippen LogP) is 3.48. The fraction of sp³-hybridized carbons (Fsp3) is 0.118. The molecule has 0 aliphatic rings. The Labute approximate surface area is 142 Å². The third kappa shape index (κ3) is 4.39. The Morgan fingerprint density at radius 3 is 2.46 bits per heavy atom. The molecule has 7 heteroatoms. The standard InChI is InChI=1S/C17H13ClFNO4/c1-10(16(22)20-15-7-6-13(19)8-14(15)18)24-17(23)12-4-2-11(9-21)3-5-12/h2-10H,1H3,(H,20,22)/t10-/m1/s1. The van der Waals surface area contributed by atoms with E-state index in [1.54, 1.807) is 0 Å². The van der Waals surface area contributed by atoms with Crippen LogP contribution < -0.4 is 5.32 Å². The van der Waals surface area contributed by atoms with E-state index in [2.05, 4.69) is 5.32 Å². The molecule has 0 saturated heterocycles. The van der Waals surface area contributed by atoms with Crippen LogP contribution >= 0.6 is 11.6 Å². The highest BCUT2D eigenvalue weighted by Gasteiger charge is 2.20. The van der Waals surface area contributed by atoms with Gasteiger partial charge in [0.15, 0.2) is 6.10 Å². The predicted molar refractivity (Wildman–Crippen MR) is 86.7 cm³/mol. The van der Waals surface area contributed by atoms with Crippen LogP contribution in [0.2, 0.25) is 5.02 Å². The molecule has 0 heterocycles. The van der Waals surface area contributed by atoms with Crippen LogP contribution in [0.25, 0.3) is 0 Å². The molecule has 0 unspecified atom stereocenters. The van der Waals surface area contributed by atoms with E-state index in [-0.39, 0.29) is 16.3 Å². The zero-order valence-corrected chi connectivity index (χ0v) is 13.3. The van der Waals surface area contributed by atoms with E-state index in [0.29, 0.717) is 11.8 Å². The summed E-state index contributed by atoms with van der Waals surface area (Å²) in [6.07, 6.45) is -0.443. The van der Waals surface area contributed by atoms with Gasteiger partial charge in [-0.2, -0.15) is 0 Å². The highest BCUT2D eigenvalue weighted by molar-refractivity contribution is 6.33. The van der Waals surface area contributed by atoms with Gasteiger partial charge in [0, 0.05) is 5.56 Å². The number of nitrogens with one attached hydrogen (secondary N) is 1. The molecule has 0 aliphatic heterocycles. The number of amides is 1. The van der Waals surface area contributed by atoms with E-state index in [0.717, 1.165) is 12.1 Å². The number of carbonyl (C=O) groups is 3. The number of carbonyl (C=O) groups excluding carboxylic acids is 3. The van der Waals surface area contributed by atoms with Crippen molar-refractivity contribution < 1.29 is 23.5 Å². The van der Waals surface area contributed by atoms with Crippen LogP contribution in [0.1, 0.15) is 27.6 Å². The number of halogens is 2. The molecule has 2 rings (SSSR count). The second-order valence-electron chi connectivity index (χ2n) is 4.90. The SMILES string of the molecule is C[C@@H](OC(=O)c1ccc(C=O)cc1)C(=O)Nc1ccc(F)cc1Cl. The quantitative estimate of drug-likeness (QED) is 0.662. The normalized spacial score (nSPS) is 11.5. The van der Waals surface area contributed by atoms with Gasteiger partial charge in [-0.25, -0.2) is 9.18 Å². The molecule has 24 heavy (non-hydrogen) atoms. The van der Waals surface area contributed by atoms with E-state index in [4.69, 9.17) is 16.3 Å². The minimum absolute atomic E-state index is 0.0336. The molecule has 2 aromatic rings. The molecular formula is C17H13ClFNO4. The van der Waals surface area contributed by atoms with E-state index >= 15 is 0 Å². The third-order valence-electron chi connectivity index (χ3n) is 3.12. The lowest BCUT2D eigenvalue weighted by molar-refractivity contribution is -0.123. The highest BCUT2D eigenvalue weighted by atomic mass is 35.5. The van der Waals surface area contributed by atoms with Crippen molar-refractivity contribution in [1.29, 1.82) is 0 Å². The maximum Gasteiger partial charge on any atom is 0.338 e. The van der Waals surface area contributed by atoms with Crippen molar-refractivity contribution >= 4 is 35.5 Å². The summed E-state index contributed by atoms with van der Waals surface area (Å²) in [6.45, 7) is 1.39. The molecular weight excluding hydrogens is 337 g/mol. The summed E-state index contributed by atoms with van der Waals surface area (Å²) in [4.78, 5) is 34.6. The molecule has 2 aromatic carbocycles. The van der Waals surface area contributed by atoms with Gasteiger partial charge in [-0.1, -0.05) is 23.7 Å². The summed E-state index contributed by atoms with van der Waals surface area (Å²) in [7, 11) is 0. The lowest BCUT2D eigenvalue weighted by Gasteiger charge is -2.14. The zero-order chi connectivity index (χ0) is 17.7. The average molecular weight is 350 g/mol. The zero-order valence-electron chi connectivity index (χ0n) is 12.6. The van der Waals surface area contributed by atoms with Crippen molar-refractivity contribution in [2.24, 2.45) is 0 Å². The molecule has 124 valence electrons. The van der Waals surface area contributed by atoms with Gasteiger partial charge in [0.1, 0.15) is 12.1 Å². The van der Waals surface area contributed by atoms with E-state index in [1.165, 1.54) is 37.3 Å². The number of ether oxygens (including phenoxy) is 1. The van der Waals surface area contributed by atoms with Crippen LogP contribution in [0.15, 0.2) is 42.5 Å². The Morgan fingerprint density at radius 2 is 1.88 bits per heavy atom. The summed E-state index contributed by atoms with van der Waals surface area (Å²) in [6, 6.07) is 9.29. The molecule has 0 fully saturated rings. The Morgan fingerprint density at radius 1 is 1.21 bits per heavy atom. The summed E-state index contributed by atoms with van der Waals surface area (Å²) in [5.74, 6) is -1.85. The van der Waals surface area contributed by atoms with Gasteiger partial charge in [-0.3, -0.25) is 9.59 Å². The van der Waals surface area contributed by atoms with Crippen molar-refractivity contribution in [2.45, 2.75) is 13.0 Å². The molecule has 1 N–H and O–H groups in total. The number of aldehydes is 1. The Hall–Kier alpha value is -2.73. The smallest absolute Gasteiger partial charge is 0.338 e. The van der Waals surface area contributed by atoms with Crippen molar-refractivity contribution in [1.82, 2.24) is 0 Å². The molecule has 0 spiro atoms. The third-order valence-corrected chi connectivity index (χ3v) is 3.44. The Bertz CT molecular complexity index is 777. The molecule has 1 atom stereocenters. The van der Waals surface area contributed by atoms with Crippen LogP contribution in [0.4, 0.5) is 10.1 Å². The van der Waals surface area contributed by atoms with Crippen LogP contribution in [0.5, 0.6) is 0 Å². The average Bonchev–Trinajstić information content (AvgIpc) is 2.57. The largest absolute Gasteiger partial charge is 0.449 e. The topological polar surface area (TPSA) is 72.5 Å². The highest BCUT2D eigenvalue weighted by Crippen LogP contribution is 2.22. The summed E-state index contributed by atoms with van der Waals surface area (Å²) >= 11 is 5.82. The molecule has 0 bridgehead atoms. The fourth-order valence-corrected chi connectivity index (χ4v) is 2.02. The van der Waals surface area contributed by atoms with Crippen molar-refractivity contribution in [2.75, 3.05) is 5.32 Å². The monoisotopic (exact) mass is 349 g/mol. The lowest BCUT2D eigenvalue weighted by Crippen LogP contribution is -2.30. The first-order valence-electron chi connectivity index (χ1n) is 6.93. The number of anilines is 1. The first kappa shape index (κ1) is 17.6. The number of esters is 1. The van der Waals surface area contributed by atoms with Crippen molar-refractivity contribution in [3.63, 3.8) is 0 Å². The second kappa shape index (κ2) is 7.70. The van der Waals surface area contributed by atoms with Gasteiger partial charge in [0.2, 0.25) is 0 Å². The van der Waals surface area contributed by atoms with E-state index in [1.807, 2.05) is 0 Å². The van der Waals surface area contributed by atoms with Gasteiger partial charge >= 0.3 is 5.97 Å². The number of hydrogen-bond donors (Lipinski definition) is 1. The minimum atomic E-state index is -1.09.